The zero-order chi connectivity index (χ0) is 17.8. The number of rotatable bonds is 3. The Kier molecular flexibility index (Phi) is 3.49. The summed E-state index contributed by atoms with van der Waals surface area (Å²) in [6, 6.07) is 4.32. The van der Waals surface area contributed by atoms with Crippen LogP contribution < -0.4 is 0 Å². The molecule has 0 amide bonds. The first-order chi connectivity index (χ1) is 12.6. The van der Waals surface area contributed by atoms with Crippen LogP contribution in [0.4, 0.5) is 0 Å². The maximum atomic E-state index is 4.98. The van der Waals surface area contributed by atoms with Crippen molar-refractivity contribution in [3.8, 4) is 0 Å². The molecule has 0 N–H and O–H groups in total. The summed E-state index contributed by atoms with van der Waals surface area (Å²) < 4.78 is 1.88. The Balaban J connectivity index is 1.38. The molecule has 0 aliphatic carbocycles. The summed E-state index contributed by atoms with van der Waals surface area (Å²) in [5.41, 5.74) is 3.98. The molecular weight excluding hydrogens is 346 g/mol. The topological polar surface area (TPSA) is 71.6 Å². The number of aryl methyl sites for hydroxylation is 3. The first kappa shape index (κ1) is 15.7. The minimum atomic E-state index is 0.186. The number of fused-ring (bicyclic) bond motifs is 4. The van der Waals surface area contributed by atoms with E-state index in [0.717, 1.165) is 46.6 Å². The number of thioether (sulfide) groups is 1. The highest BCUT2D eigenvalue weighted by Crippen LogP contribution is 2.49. The predicted octanol–water partition coefficient (Wildman–Crippen LogP) is 2.59. The van der Waals surface area contributed by atoms with Crippen LogP contribution in [0.15, 0.2) is 34.5 Å². The van der Waals surface area contributed by atoms with Crippen LogP contribution in [-0.2, 0) is 6.42 Å². The van der Waals surface area contributed by atoms with Gasteiger partial charge in [-0.1, -0.05) is 17.8 Å². The molecule has 3 aromatic rings. The van der Waals surface area contributed by atoms with E-state index in [9.17, 15) is 0 Å². The van der Waals surface area contributed by atoms with Gasteiger partial charge in [0, 0.05) is 37.8 Å². The molecular formula is C18H19N7S. The van der Waals surface area contributed by atoms with E-state index in [1.807, 2.05) is 36.8 Å². The minimum absolute atomic E-state index is 0.186. The van der Waals surface area contributed by atoms with Gasteiger partial charge in [0.1, 0.15) is 22.3 Å². The summed E-state index contributed by atoms with van der Waals surface area (Å²) in [5, 5.41) is 6.07. The van der Waals surface area contributed by atoms with Crippen molar-refractivity contribution >= 4 is 23.2 Å². The van der Waals surface area contributed by atoms with Crippen molar-refractivity contribution in [2.45, 2.75) is 43.1 Å². The third-order valence-electron chi connectivity index (χ3n) is 5.02. The highest BCUT2D eigenvalue weighted by Gasteiger charge is 2.42. The normalized spacial score (nSPS) is 21.2. The Labute approximate surface area is 155 Å². The van der Waals surface area contributed by atoms with Crippen LogP contribution in [0.3, 0.4) is 0 Å². The number of amidine groups is 1. The third-order valence-corrected chi connectivity index (χ3v) is 6.40. The highest BCUT2D eigenvalue weighted by atomic mass is 32.2. The minimum Gasteiger partial charge on any atom is -0.348 e. The lowest BCUT2D eigenvalue weighted by atomic mass is 10.1. The predicted molar refractivity (Wildman–Crippen MR) is 100 cm³/mol. The largest absolute Gasteiger partial charge is 0.348 e. The summed E-state index contributed by atoms with van der Waals surface area (Å²) in [6.07, 6.45) is 5.29. The van der Waals surface area contributed by atoms with Crippen LogP contribution >= 0.6 is 11.8 Å². The molecule has 0 saturated carbocycles. The van der Waals surface area contributed by atoms with Gasteiger partial charge in [-0.3, -0.25) is 9.98 Å². The lowest BCUT2D eigenvalue weighted by Gasteiger charge is -2.21. The van der Waals surface area contributed by atoms with E-state index in [2.05, 4.69) is 38.1 Å². The molecule has 0 saturated heterocycles. The fourth-order valence-electron chi connectivity index (χ4n) is 3.59. The maximum Gasteiger partial charge on any atom is 0.177 e. The maximum absolute atomic E-state index is 4.98. The first-order valence-corrected chi connectivity index (χ1v) is 9.59. The van der Waals surface area contributed by atoms with Gasteiger partial charge in [-0.15, -0.1) is 0 Å². The fraction of sp³-hybridized carbons (Fsp3) is 0.389. The lowest BCUT2D eigenvalue weighted by molar-refractivity contribution is 0.466. The molecule has 2 aliphatic rings. The number of hydrogen-bond donors (Lipinski definition) is 0. The number of pyridine rings is 1. The van der Waals surface area contributed by atoms with E-state index in [4.69, 9.17) is 4.99 Å². The molecule has 0 fully saturated rings. The number of likely N-dealkylation sites (N-methyl/N-ethyl adjacent to an activating group) is 1. The van der Waals surface area contributed by atoms with E-state index in [0.29, 0.717) is 5.37 Å². The third kappa shape index (κ3) is 2.32. The highest BCUT2D eigenvalue weighted by molar-refractivity contribution is 8.00. The Morgan fingerprint density at radius 2 is 2.08 bits per heavy atom. The van der Waals surface area contributed by atoms with E-state index in [1.54, 1.807) is 11.8 Å². The molecule has 2 aliphatic heterocycles. The second kappa shape index (κ2) is 5.77. The molecule has 132 valence electrons. The van der Waals surface area contributed by atoms with Gasteiger partial charge in [0.2, 0.25) is 0 Å². The SMILES string of the molecule is Cc1ncc(C)n2nc(CCC3=NC4c5cccnc5SC4N3C)nc12. The first-order valence-electron chi connectivity index (χ1n) is 8.71. The Hall–Kier alpha value is -2.48. The van der Waals surface area contributed by atoms with Crippen molar-refractivity contribution in [3.63, 3.8) is 0 Å². The summed E-state index contributed by atoms with van der Waals surface area (Å²) in [4.78, 5) is 20.8. The van der Waals surface area contributed by atoms with Crippen LogP contribution in [-0.4, -0.2) is 47.7 Å². The summed E-state index contributed by atoms with van der Waals surface area (Å²) >= 11 is 1.80. The standard InChI is InChI=1S/C18H19N7S/c1-10-9-20-11(2)16-21-13(23-25(10)16)6-7-14-22-15-12-5-4-8-19-17(12)26-18(15)24(14)3/h4-5,8-9,15,18H,6-7H2,1-3H3. The molecule has 0 aromatic carbocycles. The van der Waals surface area contributed by atoms with Crippen molar-refractivity contribution in [1.82, 2.24) is 29.5 Å². The summed E-state index contributed by atoms with van der Waals surface area (Å²) in [7, 11) is 2.12. The molecule has 7 nitrogen and oxygen atoms in total. The molecule has 26 heavy (non-hydrogen) atoms. The van der Waals surface area contributed by atoms with Gasteiger partial charge in [0.25, 0.3) is 0 Å². The number of hydrogen-bond acceptors (Lipinski definition) is 7. The van der Waals surface area contributed by atoms with Crippen LogP contribution in [0.1, 0.15) is 35.2 Å². The molecule has 2 unspecified atom stereocenters. The molecule has 3 aromatic heterocycles. The van der Waals surface area contributed by atoms with Crippen LogP contribution in [0.25, 0.3) is 5.65 Å². The second-order valence-electron chi connectivity index (χ2n) is 6.76. The number of aromatic nitrogens is 5. The Morgan fingerprint density at radius 1 is 1.19 bits per heavy atom. The van der Waals surface area contributed by atoms with Gasteiger partial charge in [-0.05, 0) is 19.9 Å². The van der Waals surface area contributed by atoms with E-state index in [-0.39, 0.29) is 6.04 Å². The van der Waals surface area contributed by atoms with Crippen LogP contribution in [0.2, 0.25) is 0 Å². The fourth-order valence-corrected chi connectivity index (χ4v) is 4.88. The molecule has 8 heteroatoms. The second-order valence-corrected chi connectivity index (χ2v) is 7.86. The molecule has 5 rings (SSSR count). The Morgan fingerprint density at radius 3 is 2.92 bits per heavy atom. The van der Waals surface area contributed by atoms with E-state index in [1.165, 1.54) is 5.56 Å². The zero-order valence-electron chi connectivity index (χ0n) is 14.9. The van der Waals surface area contributed by atoms with E-state index < -0.39 is 0 Å². The molecule has 0 bridgehead atoms. The molecule has 0 radical (unpaired) electrons. The zero-order valence-corrected chi connectivity index (χ0v) is 15.7. The van der Waals surface area contributed by atoms with Crippen molar-refractivity contribution in [2.24, 2.45) is 4.99 Å². The van der Waals surface area contributed by atoms with Crippen LogP contribution in [0.5, 0.6) is 0 Å². The average molecular weight is 365 g/mol. The monoisotopic (exact) mass is 365 g/mol. The van der Waals surface area contributed by atoms with Gasteiger partial charge >= 0.3 is 0 Å². The molecule has 5 heterocycles. The van der Waals surface area contributed by atoms with Crippen molar-refractivity contribution < 1.29 is 0 Å². The molecule has 0 spiro atoms. The smallest absolute Gasteiger partial charge is 0.177 e. The summed E-state index contributed by atoms with van der Waals surface area (Å²) in [6.45, 7) is 3.96. The van der Waals surface area contributed by atoms with Gasteiger partial charge in [-0.2, -0.15) is 5.10 Å². The number of nitrogens with zero attached hydrogens (tertiary/aromatic N) is 7. The van der Waals surface area contributed by atoms with Crippen LogP contribution in [0, 0.1) is 13.8 Å². The quantitative estimate of drug-likeness (QED) is 0.710. The Bertz CT molecular complexity index is 1000. The van der Waals surface area contributed by atoms with Gasteiger partial charge in [0.05, 0.1) is 11.4 Å². The van der Waals surface area contributed by atoms with Crippen molar-refractivity contribution in [3.05, 3.63) is 47.3 Å². The van der Waals surface area contributed by atoms with Gasteiger partial charge in [0.15, 0.2) is 11.5 Å². The van der Waals surface area contributed by atoms with Crippen molar-refractivity contribution in [2.75, 3.05) is 7.05 Å². The lowest BCUT2D eigenvalue weighted by Crippen LogP contribution is -2.30. The number of aliphatic imine (C=N–C) groups is 1. The van der Waals surface area contributed by atoms with Gasteiger partial charge < -0.3 is 4.90 Å². The average Bonchev–Trinajstić information content (AvgIpc) is 3.31. The van der Waals surface area contributed by atoms with Gasteiger partial charge in [-0.25, -0.2) is 14.5 Å². The van der Waals surface area contributed by atoms with Crippen molar-refractivity contribution in [1.29, 1.82) is 0 Å². The van der Waals surface area contributed by atoms with E-state index >= 15 is 0 Å². The summed E-state index contributed by atoms with van der Waals surface area (Å²) in [5.74, 6) is 1.96. The molecule has 2 atom stereocenters.